The Kier molecular flexibility index (Phi) is 6.10. The van der Waals surface area contributed by atoms with Crippen molar-refractivity contribution in [2.24, 2.45) is 0 Å². The number of nitrogens with two attached hydrogens (primary N) is 1. The minimum absolute atomic E-state index is 0. The van der Waals surface area contributed by atoms with Crippen molar-refractivity contribution in [2.45, 2.75) is 19.8 Å². The first kappa shape index (κ1) is 19.6. The zero-order chi connectivity index (χ0) is 18.0. The predicted octanol–water partition coefficient (Wildman–Crippen LogP) is 3.39. The molecule has 2 aromatic rings. The van der Waals surface area contributed by atoms with Crippen LogP contribution >= 0.6 is 12.4 Å². The number of nitrogens with one attached hydrogen (secondary N) is 1. The zero-order valence-electron chi connectivity index (χ0n) is 14.7. The molecule has 0 unspecified atom stereocenters. The van der Waals surface area contributed by atoms with E-state index in [1.165, 1.54) is 0 Å². The number of anilines is 3. The van der Waals surface area contributed by atoms with E-state index in [4.69, 9.17) is 10.5 Å². The molecule has 1 saturated heterocycles. The number of ether oxygens (including phenoxy) is 1. The number of benzene rings is 2. The Labute approximate surface area is 158 Å². The van der Waals surface area contributed by atoms with E-state index in [-0.39, 0.29) is 24.2 Å². The van der Waals surface area contributed by atoms with Crippen LogP contribution in [-0.2, 0) is 4.79 Å². The minimum atomic E-state index is -0.239. The molecule has 2 aromatic carbocycles. The molecule has 1 aliphatic rings. The van der Waals surface area contributed by atoms with Crippen molar-refractivity contribution in [3.05, 3.63) is 47.5 Å². The SMILES string of the molecule is COc1cc(NC(=O)c2cc(N)ccc2C)ccc1N1CCCC1=O.Cl. The summed E-state index contributed by atoms with van der Waals surface area (Å²) in [5, 5.41) is 2.85. The number of methoxy groups -OCH3 is 1. The molecule has 0 aromatic heterocycles. The molecular formula is C19H22ClN3O3. The van der Waals surface area contributed by atoms with Crippen LogP contribution in [0.25, 0.3) is 0 Å². The number of halogens is 1. The Balaban J connectivity index is 0.00000243. The third-order valence-corrected chi connectivity index (χ3v) is 4.31. The summed E-state index contributed by atoms with van der Waals surface area (Å²) in [6.45, 7) is 2.54. The second-order valence-corrected chi connectivity index (χ2v) is 6.06. The molecule has 138 valence electrons. The molecule has 6 nitrogen and oxygen atoms in total. The standard InChI is InChI=1S/C19H21N3O3.ClH/c1-12-5-6-13(20)10-15(12)19(24)21-14-7-8-16(17(11-14)25-2)22-9-3-4-18(22)23;/h5-8,10-11H,3-4,9,20H2,1-2H3,(H,21,24);1H. The Hall–Kier alpha value is -2.73. The van der Waals surface area contributed by atoms with E-state index < -0.39 is 0 Å². The molecule has 3 rings (SSSR count). The summed E-state index contributed by atoms with van der Waals surface area (Å²) in [6, 6.07) is 10.5. The molecule has 1 aliphatic heterocycles. The summed E-state index contributed by atoms with van der Waals surface area (Å²) < 4.78 is 5.41. The maximum Gasteiger partial charge on any atom is 0.256 e. The van der Waals surface area contributed by atoms with Gasteiger partial charge in [-0.2, -0.15) is 0 Å². The third-order valence-electron chi connectivity index (χ3n) is 4.31. The number of carbonyl (C=O) groups is 2. The Morgan fingerprint density at radius 2 is 2.00 bits per heavy atom. The number of rotatable bonds is 4. The first-order valence-electron chi connectivity index (χ1n) is 8.15. The van der Waals surface area contributed by atoms with Crippen molar-refractivity contribution >= 4 is 41.3 Å². The van der Waals surface area contributed by atoms with Gasteiger partial charge in [-0.3, -0.25) is 9.59 Å². The smallest absolute Gasteiger partial charge is 0.256 e. The van der Waals surface area contributed by atoms with Crippen molar-refractivity contribution < 1.29 is 14.3 Å². The van der Waals surface area contributed by atoms with Crippen molar-refractivity contribution in [2.75, 3.05) is 29.6 Å². The van der Waals surface area contributed by atoms with E-state index >= 15 is 0 Å². The molecule has 0 aliphatic carbocycles. The Bertz CT molecular complexity index is 839. The number of amides is 2. The lowest BCUT2D eigenvalue weighted by Gasteiger charge is -2.19. The predicted molar refractivity (Wildman–Crippen MR) is 105 cm³/mol. The van der Waals surface area contributed by atoms with Gasteiger partial charge in [0.25, 0.3) is 5.91 Å². The average Bonchev–Trinajstić information content (AvgIpc) is 3.02. The molecule has 7 heteroatoms. The van der Waals surface area contributed by atoms with Gasteiger partial charge in [-0.1, -0.05) is 6.07 Å². The van der Waals surface area contributed by atoms with Crippen LogP contribution in [0.2, 0.25) is 0 Å². The molecule has 0 atom stereocenters. The van der Waals surface area contributed by atoms with Gasteiger partial charge < -0.3 is 20.7 Å². The van der Waals surface area contributed by atoms with Crippen LogP contribution in [-0.4, -0.2) is 25.5 Å². The fraction of sp³-hybridized carbons (Fsp3) is 0.263. The van der Waals surface area contributed by atoms with Crippen LogP contribution in [0.1, 0.15) is 28.8 Å². The number of hydrogen-bond donors (Lipinski definition) is 2. The molecule has 0 bridgehead atoms. The summed E-state index contributed by atoms with van der Waals surface area (Å²) in [7, 11) is 1.55. The maximum atomic E-state index is 12.5. The van der Waals surface area contributed by atoms with Gasteiger partial charge in [0.1, 0.15) is 5.75 Å². The topological polar surface area (TPSA) is 84.7 Å². The van der Waals surface area contributed by atoms with E-state index in [2.05, 4.69) is 5.32 Å². The van der Waals surface area contributed by atoms with E-state index in [0.717, 1.165) is 17.7 Å². The monoisotopic (exact) mass is 375 g/mol. The number of carbonyl (C=O) groups excluding carboxylic acids is 2. The highest BCUT2D eigenvalue weighted by molar-refractivity contribution is 6.06. The third kappa shape index (κ3) is 3.91. The maximum absolute atomic E-state index is 12.5. The molecule has 26 heavy (non-hydrogen) atoms. The highest BCUT2D eigenvalue weighted by atomic mass is 35.5. The number of nitrogens with zero attached hydrogens (tertiary/aromatic N) is 1. The van der Waals surface area contributed by atoms with Crippen molar-refractivity contribution in [3.63, 3.8) is 0 Å². The molecular weight excluding hydrogens is 354 g/mol. The molecule has 1 heterocycles. The lowest BCUT2D eigenvalue weighted by atomic mass is 10.1. The van der Waals surface area contributed by atoms with E-state index in [1.807, 2.05) is 13.0 Å². The Morgan fingerprint density at radius 3 is 2.65 bits per heavy atom. The molecule has 3 N–H and O–H groups in total. The van der Waals surface area contributed by atoms with Crippen LogP contribution in [0.4, 0.5) is 17.1 Å². The van der Waals surface area contributed by atoms with Crippen molar-refractivity contribution in [1.82, 2.24) is 0 Å². The summed E-state index contributed by atoms with van der Waals surface area (Å²) >= 11 is 0. The van der Waals surface area contributed by atoms with Gasteiger partial charge >= 0.3 is 0 Å². The lowest BCUT2D eigenvalue weighted by molar-refractivity contribution is -0.117. The summed E-state index contributed by atoms with van der Waals surface area (Å²) in [4.78, 5) is 26.2. The van der Waals surface area contributed by atoms with Gasteiger partial charge in [0, 0.05) is 36.0 Å². The largest absolute Gasteiger partial charge is 0.494 e. The van der Waals surface area contributed by atoms with Gasteiger partial charge in [0.15, 0.2) is 0 Å². The average molecular weight is 376 g/mol. The fourth-order valence-corrected chi connectivity index (χ4v) is 2.96. The fourth-order valence-electron chi connectivity index (χ4n) is 2.96. The quantitative estimate of drug-likeness (QED) is 0.802. The number of aryl methyl sites for hydroxylation is 1. The van der Waals surface area contributed by atoms with E-state index in [1.54, 1.807) is 42.3 Å². The summed E-state index contributed by atoms with van der Waals surface area (Å²) in [5.74, 6) is 0.402. The molecule has 0 spiro atoms. The van der Waals surface area contributed by atoms with Crippen LogP contribution < -0.4 is 20.7 Å². The van der Waals surface area contributed by atoms with Gasteiger partial charge in [-0.05, 0) is 43.2 Å². The lowest BCUT2D eigenvalue weighted by Crippen LogP contribution is -2.24. The number of hydrogen-bond acceptors (Lipinski definition) is 4. The molecule has 0 saturated carbocycles. The van der Waals surface area contributed by atoms with Gasteiger partial charge in [-0.15, -0.1) is 12.4 Å². The van der Waals surface area contributed by atoms with Gasteiger partial charge in [0.05, 0.1) is 12.8 Å². The van der Waals surface area contributed by atoms with Crippen LogP contribution in [0, 0.1) is 6.92 Å². The highest BCUT2D eigenvalue weighted by Crippen LogP contribution is 2.34. The molecule has 2 amide bonds. The van der Waals surface area contributed by atoms with Crippen LogP contribution in [0.15, 0.2) is 36.4 Å². The Morgan fingerprint density at radius 1 is 1.23 bits per heavy atom. The number of nitrogen functional groups attached to an aromatic ring is 1. The summed E-state index contributed by atoms with van der Waals surface area (Å²) in [5.41, 5.74) is 9.00. The first-order chi connectivity index (χ1) is 12.0. The molecule has 1 fully saturated rings. The zero-order valence-corrected chi connectivity index (χ0v) is 15.6. The van der Waals surface area contributed by atoms with Gasteiger partial charge in [-0.25, -0.2) is 0 Å². The summed E-state index contributed by atoms with van der Waals surface area (Å²) in [6.07, 6.45) is 1.39. The minimum Gasteiger partial charge on any atom is -0.494 e. The second kappa shape index (κ2) is 8.10. The highest BCUT2D eigenvalue weighted by Gasteiger charge is 2.24. The van der Waals surface area contributed by atoms with Crippen molar-refractivity contribution in [1.29, 1.82) is 0 Å². The second-order valence-electron chi connectivity index (χ2n) is 6.06. The van der Waals surface area contributed by atoms with Gasteiger partial charge in [0.2, 0.25) is 5.91 Å². The first-order valence-corrected chi connectivity index (χ1v) is 8.15. The van der Waals surface area contributed by atoms with Crippen LogP contribution in [0.3, 0.4) is 0 Å². The van der Waals surface area contributed by atoms with Crippen LogP contribution in [0.5, 0.6) is 5.75 Å². The van der Waals surface area contributed by atoms with E-state index in [9.17, 15) is 9.59 Å². The molecule has 0 radical (unpaired) electrons. The van der Waals surface area contributed by atoms with Crippen molar-refractivity contribution in [3.8, 4) is 5.75 Å². The normalized spacial score (nSPS) is 13.3. The van der Waals surface area contributed by atoms with E-state index in [0.29, 0.717) is 35.7 Å².